The topological polar surface area (TPSA) is 113 Å². The largest absolute Gasteiger partial charge is 0.497 e. The van der Waals surface area contributed by atoms with Crippen LogP contribution in [0.2, 0.25) is 0 Å². The summed E-state index contributed by atoms with van der Waals surface area (Å²) in [7, 11) is -2.53. The Morgan fingerprint density at radius 2 is 1.68 bits per heavy atom. The molecule has 1 heterocycles. The molecule has 28 heavy (non-hydrogen) atoms. The Balaban J connectivity index is 1.83. The lowest BCUT2D eigenvalue weighted by Crippen LogP contribution is -2.19. The lowest BCUT2D eigenvalue weighted by atomic mass is 10.1. The molecule has 2 aromatic carbocycles. The van der Waals surface area contributed by atoms with E-state index in [0.29, 0.717) is 17.1 Å². The first-order valence-corrected chi connectivity index (χ1v) is 9.87. The van der Waals surface area contributed by atoms with Gasteiger partial charge in [-0.25, -0.2) is 0 Å². The van der Waals surface area contributed by atoms with Crippen LogP contribution in [-0.2, 0) is 10.0 Å². The fourth-order valence-electron chi connectivity index (χ4n) is 2.75. The van der Waals surface area contributed by atoms with E-state index in [9.17, 15) is 13.2 Å². The molecule has 3 aromatic rings. The van der Waals surface area contributed by atoms with Crippen molar-refractivity contribution in [2.24, 2.45) is 0 Å². The van der Waals surface area contributed by atoms with Gasteiger partial charge in [0.15, 0.2) is 5.03 Å². The van der Waals surface area contributed by atoms with Crippen LogP contribution < -0.4 is 14.8 Å². The second kappa shape index (κ2) is 7.73. The van der Waals surface area contributed by atoms with Gasteiger partial charge >= 0.3 is 0 Å². The van der Waals surface area contributed by atoms with Gasteiger partial charge in [-0.3, -0.25) is 14.6 Å². The van der Waals surface area contributed by atoms with Crippen LogP contribution >= 0.6 is 0 Å². The van der Waals surface area contributed by atoms with Gasteiger partial charge in [-0.15, -0.1) is 0 Å². The minimum absolute atomic E-state index is 0.0832. The van der Waals surface area contributed by atoms with Crippen LogP contribution in [-0.4, -0.2) is 31.6 Å². The maximum Gasteiger partial charge on any atom is 0.279 e. The van der Waals surface area contributed by atoms with Gasteiger partial charge in [0.05, 0.1) is 18.9 Å². The number of aromatic amines is 1. The van der Waals surface area contributed by atoms with Gasteiger partial charge in [-0.05, 0) is 61.4 Å². The molecular formula is C19H20N4O4S. The minimum atomic E-state index is -4.04. The summed E-state index contributed by atoms with van der Waals surface area (Å²) in [6.45, 7) is 3.82. The van der Waals surface area contributed by atoms with Crippen LogP contribution in [0, 0.1) is 13.8 Å². The van der Waals surface area contributed by atoms with Crippen LogP contribution in [0.3, 0.4) is 0 Å². The average molecular weight is 400 g/mol. The molecule has 0 atom stereocenters. The van der Waals surface area contributed by atoms with E-state index >= 15 is 0 Å². The van der Waals surface area contributed by atoms with Crippen molar-refractivity contribution in [3.63, 3.8) is 0 Å². The first-order chi connectivity index (χ1) is 13.3. The summed E-state index contributed by atoms with van der Waals surface area (Å²) in [5.41, 5.74) is 2.79. The van der Waals surface area contributed by atoms with Gasteiger partial charge in [0.2, 0.25) is 0 Å². The van der Waals surface area contributed by atoms with Gasteiger partial charge < -0.3 is 10.1 Å². The zero-order chi connectivity index (χ0) is 20.3. The summed E-state index contributed by atoms with van der Waals surface area (Å²) in [5.74, 6) is 0.0202. The third-order valence-electron chi connectivity index (χ3n) is 3.94. The quantitative estimate of drug-likeness (QED) is 0.588. The highest BCUT2D eigenvalue weighted by molar-refractivity contribution is 7.92. The van der Waals surface area contributed by atoms with E-state index < -0.39 is 15.9 Å². The number of hydrogen-bond donors (Lipinski definition) is 3. The highest BCUT2D eigenvalue weighted by Crippen LogP contribution is 2.21. The second-order valence-corrected chi connectivity index (χ2v) is 7.90. The van der Waals surface area contributed by atoms with Gasteiger partial charge in [-0.2, -0.15) is 13.5 Å². The summed E-state index contributed by atoms with van der Waals surface area (Å²) in [4.78, 5) is 12.6. The lowest BCUT2D eigenvalue weighted by molar-refractivity contribution is 0.102. The van der Waals surface area contributed by atoms with Gasteiger partial charge in [0, 0.05) is 11.4 Å². The smallest absolute Gasteiger partial charge is 0.279 e. The van der Waals surface area contributed by atoms with Crippen molar-refractivity contribution in [3.8, 4) is 5.75 Å². The Morgan fingerprint density at radius 3 is 2.29 bits per heavy atom. The van der Waals surface area contributed by atoms with E-state index in [1.54, 1.807) is 36.4 Å². The van der Waals surface area contributed by atoms with E-state index in [4.69, 9.17) is 4.74 Å². The number of sulfonamides is 1. The van der Waals surface area contributed by atoms with Crippen molar-refractivity contribution >= 4 is 27.3 Å². The summed E-state index contributed by atoms with van der Waals surface area (Å²) in [5, 5.41) is 8.52. The number of carbonyl (C=O) groups excluding carboxylic acids is 1. The maximum absolute atomic E-state index is 12.7. The van der Waals surface area contributed by atoms with Crippen LogP contribution in [0.1, 0.15) is 21.5 Å². The zero-order valence-electron chi connectivity index (χ0n) is 15.6. The standard InChI is InChI=1S/C19H20N4O4S/c1-12-8-13(2)10-15(9-12)21-18(24)17-11-20-22-19(17)28(25,26)23-14-4-6-16(27-3)7-5-14/h4-11,23H,1-3H3,(H,20,22)(H,21,24). The number of hydrogen-bond acceptors (Lipinski definition) is 5. The SMILES string of the molecule is COc1ccc(NS(=O)(=O)c2[nH]ncc2C(=O)Nc2cc(C)cc(C)c2)cc1. The number of carbonyl (C=O) groups is 1. The van der Waals surface area contributed by atoms with E-state index in [0.717, 1.165) is 11.1 Å². The van der Waals surface area contributed by atoms with Gasteiger partial charge in [0.1, 0.15) is 5.75 Å². The molecular weight excluding hydrogens is 380 g/mol. The molecule has 9 heteroatoms. The molecule has 0 spiro atoms. The number of methoxy groups -OCH3 is 1. The molecule has 1 amide bonds. The van der Waals surface area contributed by atoms with E-state index in [-0.39, 0.29) is 10.6 Å². The number of amides is 1. The maximum atomic E-state index is 12.7. The molecule has 8 nitrogen and oxygen atoms in total. The first kappa shape index (κ1) is 19.4. The molecule has 0 radical (unpaired) electrons. The number of benzene rings is 2. The van der Waals surface area contributed by atoms with Crippen molar-refractivity contribution in [1.29, 1.82) is 0 Å². The van der Waals surface area contributed by atoms with Gasteiger partial charge in [0.25, 0.3) is 15.9 Å². The third-order valence-corrected chi connectivity index (χ3v) is 5.29. The molecule has 3 N–H and O–H groups in total. The predicted molar refractivity (Wildman–Crippen MR) is 106 cm³/mol. The van der Waals surface area contributed by atoms with Crippen molar-refractivity contribution in [2.45, 2.75) is 18.9 Å². The van der Waals surface area contributed by atoms with Crippen LogP contribution in [0.15, 0.2) is 53.7 Å². The molecule has 0 saturated heterocycles. The fraction of sp³-hybridized carbons (Fsp3) is 0.158. The molecule has 0 bridgehead atoms. The summed E-state index contributed by atoms with van der Waals surface area (Å²) < 4.78 is 32.9. The van der Waals surface area contributed by atoms with Crippen LogP contribution in [0.5, 0.6) is 5.75 Å². The third kappa shape index (κ3) is 4.32. The van der Waals surface area contributed by atoms with Crippen molar-refractivity contribution in [2.75, 3.05) is 17.1 Å². The Kier molecular flexibility index (Phi) is 5.36. The van der Waals surface area contributed by atoms with Crippen molar-refractivity contribution in [1.82, 2.24) is 10.2 Å². The molecule has 3 rings (SSSR count). The molecule has 0 aliphatic rings. The molecule has 0 unspecified atom stereocenters. The zero-order valence-corrected chi connectivity index (χ0v) is 16.4. The van der Waals surface area contributed by atoms with Crippen molar-refractivity contribution in [3.05, 3.63) is 65.4 Å². The first-order valence-electron chi connectivity index (χ1n) is 8.38. The Labute approximate surface area is 163 Å². The number of rotatable bonds is 6. The van der Waals surface area contributed by atoms with Crippen LogP contribution in [0.4, 0.5) is 11.4 Å². The van der Waals surface area contributed by atoms with Gasteiger partial charge in [-0.1, -0.05) is 6.07 Å². The number of H-pyrrole nitrogens is 1. The Morgan fingerprint density at radius 1 is 1.04 bits per heavy atom. The number of aromatic nitrogens is 2. The molecule has 146 valence electrons. The summed E-state index contributed by atoms with van der Waals surface area (Å²) in [6, 6.07) is 11.9. The Bertz CT molecular complexity index is 1080. The average Bonchev–Trinajstić information content (AvgIpc) is 3.12. The number of anilines is 2. The van der Waals surface area contributed by atoms with E-state index in [1.807, 2.05) is 19.9 Å². The second-order valence-electron chi connectivity index (χ2n) is 6.28. The van der Waals surface area contributed by atoms with E-state index in [1.165, 1.54) is 13.3 Å². The highest BCUT2D eigenvalue weighted by Gasteiger charge is 2.25. The van der Waals surface area contributed by atoms with E-state index in [2.05, 4.69) is 20.2 Å². The molecule has 0 aliphatic carbocycles. The fourth-order valence-corrected chi connectivity index (χ4v) is 3.91. The highest BCUT2D eigenvalue weighted by atomic mass is 32.2. The lowest BCUT2D eigenvalue weighted by Gasteiger charge is -2.10. The number of ether oxygens (including phenoxy) is 1. The monoisotopic (exact) mass is 400 g/mol. The number of aryl methyl sites for hydroxylation is 2. The summed E-state index contributed by atoms with van der Waals surface area (Å²) in [6.07, 6.45) is 1.18. The Hall–Kier alpha value is -3.33. The molecule has 0 saturated carbocycles. The molecule has 1 aromatic heterocycles. The molecule has 0 aliphatic heterocycles. The number of nitrogens with zero attached hydrogens (tertiary/aromatic N) is 1. The minimum Gasteiger partial charge on any atom is -0.497 e. The summed E-state index contributed by atoms with van der Waals surface area (Å²) >= 11 is 0. The van der Waals surface area contributed by atoms with Crippen molar-refractivity contribution < 1.29 is 17.9 Å². The normalized spacial score (nSPS) is 11.1. The molecule has 0 fully saturated rings. The number of nitrogens with one attached hydrogen (secondary N) is 3. The van der Waals surface area contributed by atoms with Crippen LogP contribution in [0.25, 0.3) is 0 Å². The predicted octanol–water partition coefficient (Wildman–Crippen LogP) is 3.09.